The first-order valence-electron chi connectivity index (χ1n) is 6.75. The predicted molar refractivity (Wildman–Crippen MR) is 73.4 cm³/mol. The fourth-order valence-electron chi connectivity index (χ4n) is 2.09. The van der Waals surface area contributed by atoms with Crippen molar-refractivity contribution in [2.45, 2.75) is 45.6 Å². The van der Waals surface area contributed by atoms with Gasteiger partial charge in [-0.25, -0.2) is 0 Å². The average Bonchev–Trinajstić information content (AvgIpc) is 2.36. The van der Waals surface area contributed by atoms with E-state index in [9.17, 15) is 4.79 Å². The summed E-state index contributed by atoms with van der Waals surface area (Å²) in [6.07, 6.45) is 4.44. The summed E-state index contributed by atoms with van der Waals surface area (Å²) in [5, 5.41) is 3.39. The lowest BCUT2D eigenvalue weighted by Crippen LogP contribution is -2.41. The first-order valence-corrected chi connectivity index (χ1v) is 7.91. The van der Waals surface area contributed by atoms with E-state index in [4.69, 9.17) is 4.74 Å². The summed E-state index contributed by atoms with van der Waals surface area (Å²) in [6.45, 7) is 5.40. The number of ether oxygens (including phenoxy) is 1. The molecule has 0 spiro atoms. The fraction of sp³-hybridized carbons (Fsp3) is 0.923. The van der Waals surface area contributed by atoms with Gasteiger partial charge in [0.25, 0.3) is 0 Å². The summed E-state index contributed by atoms with van der Waals surface area (Å²) < 4.78 is 5.09. The summed E-state index contributed by atoms with van der Waals surface area (Å²) in [5.41, 5.74) is 0. The highest BCUT2D eigenvalue weighted by molar-refractivity contribution is 7.99. The molecule has 0 aliphatic carbocycles. The maximum absolute atomic E-state index is 11.7. The van der Waals surface area contributed by atoms with Gasteiger partial charge in [-0.05, 0) is 50.2 Å². The minimum atomic E-state index is -0.102. The highest BCUT2D eigenvalue weighted by Crippen LogP contribution is 2.22. The van der Waals surface area contributed by atoms with Crippen LogP contribution in [0.5, 0.6) is 0 Å². The average molecular weight is 259 g/mol. The Balaban J connectivity index is 2.29. The van der Waals surface area contributed by atoms with Gasteiger partial charge < -0.3 is 10.1 Å². The molecule has 1 aliphatic rings. The SMILES string of the molecule is CCCC(NCC1CCSCC1)C(=O)OCC. The third-order valence-corrected chi connectivity index (χ3v) is 4.19. The smallest absolute Gasteiger partial charge is 0.323 e. The van der Waals surface area contributed by atoms with Crippen LogP contribution in [0, 0.1) is 5.92 Å². The summed E-state index contributed by atoms with van der Waals surface area (Å²) in [7, 11) is 0. The maximum Gasteiger partial charge on any atom is 0.323 e. The second kappa shape index (κ2) is 8.81. The van der Waals surface area contributed by atoms with Crippen LogP contribution in [0.2, 0.25) is 0 Å². The van der Waals surface area contributed by atoms with Gasteiger partial charge in [0.1, 0.15) is 6.04 Å². The minimum Gasteiger partial charge on any atom is -0.465 e. The molecule has 1 atom stereocenters. The molecule has 0 radical (unpaired) electrons. The van der Waals surface area contributed by atoms with Crippen molar-refractivity contribution in [3.05, 3.63) is 0 Å². The summed E-state index contributed by atoms with van der Waals surface area (Å²) in [6, 6.07) is -0.102. The third-order valence-electron chi connectivity index (χ3n) is 3.14. The molecule has 100 valence electrons. The zero-order chi connectivity index (χ0) is 12.5. The van der Waals surface area contributed by atoms with E-state index in [1.54, 1.807) is 0 Å². The molecule has 0 aromatic rings. The van der Waals surface area contributed by atoms with Crippen LogP contribution in [0.25, 0.3) is 0 Å². The largest absolute Gasteiger partial charge is 0.465 e. The van der Waals surface area contributed by atoms with Gasteiger partial charge in [0, 0.05) is 0 Å². The molecule has 3 nitrogen and oxygen atoms in total. The van der Waals surface area contributed by atoms with Crippen LogP contribution in [0.15, 0.2) is 0 Å². The molecule has 1 heterocycles. The quantitative estimate of drug-likeness (QED) is 0.713. The van der Waals surface area contributed by atoms with E-state index < -0.39 is 0 Å². The lowest BCUT2D eigenvalue weighted by atomic mass is 10.0. The van der Waals surface area contributed by atoms with Crippen LogP contribution < -0.4 is 5.32 Å². The lowest BCUT2D eigenvalue weighted by Gasteiger charge is -2.24. The van der Waals surface area contributed by atoms with Crippen LogP contribution in [0.4, 0.5) is 0 Å². The van der Waals surface area contributed by atoms with Gasteiger partial charge in [-0.3, -0.25) is 4.79 Å². The van der Waals surface area contributed by atoms with Crippen molar-refractivity contribution in [1.29, 1.82) is 0 Å². The normalized spacial score (nSPS) is 18.9. The Labute approximate surface area is 109 Å². The Bertz CT molecular complexity index is 217. The van der Waals surface area contributed by atoms with E-state index in [-0.39, 0.29) is 12.0 Å². The van der Waals surface area contributed by atoms with Crippen LogP contribution in [-0.2, 0) is 9.53 Å². The molecule has 1 N–H and O–H groups in total. The molecule has 0 aromatic carbocycles. The van der Waals surface area contributed by atoms with Crippen molar-refractivity contribution >= 4 is 17.7 Å². The number of esters is 1. The minimum absolute atomic E-state index is 0.0838. The maximum atomic E-state index is 11.7. The number of thioether (sulfide) groups is 1. The predicted octanol–water partition coefficient (Wildman–Crippen LogP) is 2.45. The van der Waals surface area contributed by atoms with Crippen molar-refractivity contribution in [1.82, 2.24) is 5.32 Å². The standard InChI is InChI=1S/C13H25NO2S/c1-3-5-12(13(15)16-4-2)14-10-11-6-8-17-9-7-11/h11-12,14H,3-10H2,1-2H3. The van der Waals surface area contributed by atoms with Crippen LogP contribution in [-0.4, -0.2) is 36.7 Å². The van der Waals surface area contributed by atoms with Crippen molar-refractivity contribution in [3.63, 3.8) is 0 Å². The van der Waals surface area contributed by atoms with Gasteiger partial charge in [0.05, 0.1) is 6.61 Å². The summed E-state index contributed by atoms with van der Waals surface area (Å²) in [4.78, 5) is 11.7. The van der Waals surface area contributed by atoms with Gasteiger partial charge >= 0.3 is 5.97 Å². The number of rotatable bonds is 7. The van der Waals surface area contributed by atoms with Crippen molar-refractivity contribution in [2.24, 2.45) is 5.92 Å². The van der Waals surface area contributed by atoms with E-state index >= 15 is 0 Å². The fourth-order valence-corrected chi connectivity index (χ4v) is 3.30. The molecule has 0 bridgehead atoms. The monoisotopic (exact) mass is 259 g/mol. The van der Waals surface area contributed by atoms with Gasteiger partial charge in [0.2, 0.25) is 0 Å². The molecule has 17 heavy (non-hydrogen) atoms. The Hall–Kier alpha value is -0.220. The molecule has 4 heteroatoms. The number of carbonyl (C=O) groups excluding carboxylic acids is 1. The number of nitrogens with one attached hydrogen (secondary N) is 1. The van der Waals surface area contributed by atoms with E-state index in [0.29, 0.717) is 6.61 Å². The molecular weight excluding hydrogens is 234 g/mol. The van der Waals surface area contributed by atoms with Gasteiger partial charge in [-0.1, -0.05) is 13.3 Å². The van der Waals surface area contributed by atoms with Gasteiger partial charge in [-0.2, -0.15) is 11.8 Å². The zero-order valence-corrected chi connectivity index (χ0v) is 11.9. The van der Waals surface area contributed by atoms with E-state index in [0.717, 1.165) is 25.3 Å². The Kier molecular flexibility index (Phi) is 7.69. The third kappa shape index (κ3) is 5.77. The van der Waals surface area contributed by atoms with Crippen LogP contribution in [0.1, 0.15) is 39.5 Å². The molecule has 1 rings (SSSR count). The van der Waals surface area contributed by atoms with E-state index in [1.807, 2.05) is 18.7 Å². The highest BCUT2D eigenvalue weighted by Gasteiger charge is 2.20. The molecule has 0 aromatic heterocycles. The molecule has 0 amide bonds. The van der Waals surface area contributed by atoms with Gasteiger partial charge in [0.15, 0.2) is 0 Å². The van der Waals surface area contributed by atoms with Gasteiger partial charge in [-0.15, -0.1) is 0 Å². The van der Waals surface area contributed by atoms with Crippen molar-refractivity contribution in [3.8, 4) is 0 Å². The zero-order valence-electron chi connectivity index (χ0n) is 11.0. The number of hydrogen-bond acceptors (Lipinski definition) is 4. The number of carbonyl (C=O) groups is 1. The molecular formula is C13H25NO2S. The summed E-state index contributed by atoms with van der Waals surface area (Å²) >= 11 is 2.04. The highest BCUT2D eigenvalue weighted by atomic mass is 32.2. The van der Waals surface area contributed by atoms with E-state index in [2.05, 4.69) is 12.2 Å². The number of hydrogen-bond donors (Lipinski definition) is 1. The molecule has 1 unspecified atom stereocenters. The van der Waals surface area contributed by atoms with Crippen LogP contribution >= 0.6 is 11.8 Å². The van der Waals surface area contributed by atoms with Crippen molar-refractivity contribution in [2.75, 3.05) is 24.7 Å². The lowest BCUT2D eigenvalue weighted by molar-refractivity contribution is -0.145. The Morgan fingerprint density at radius 2 is 2.12 bits per heavy atom. The Morgan fingerprint density at radius 3 is 2.71 bits per heavy atom. The first-order chi connectivity index (χ1) is 8.27. The van der Waals surface area contributed by atoms with E-state index in [1.165, 1.54) is 24.3 Å². The second-order valence-electron chi connectivity index (χ2n) is 4.56. The van der Waals surface area contributed by atoms with Crippen LogP contribution in [0.3, 0.4) is 0 Å². The molecule has 0 saturated carbocycles. The molecule has 1 saturated heterocycles. The topological polar surface area (TPSA) is 38.3 Å². The second-order valence-corrected chi connectivity index (χ2v) is 5.78. The van der Waals surface area contributed by atoms with Crippen molar-refractivity contribution < 1.29 is 9.53 Å². The molecule has 1 aliphatic heterocycles. The molecule has 1 fully saturated rings. The summed E-state index contributed by atoms with van der Waals surface area (Å²) in [5.74, 6) is 3.19. The first kappa shape index (κ1) is 14.8. The Morgan fingerprint density at radius 1 is 1.41 bits per heavy atom.